The summed E-state index contributed by atoms with van der Waals surface area (Å²) in [5.74, 6) is 0.897. The Labute approximate surface area is 116 Å². The van der Waals surface area contributed by atoms with Crippen molar-refractivity contribution in [2.24, 2.45) is 11.1 Å². The molecule has 3 heteroatoms. The molecule has 2 atom stereocenters. The van der Waals surface area contributed by atoms with Crippen LogP contribution in [0.5, 0.6) is 5.75 Å². The van der Waals surface area contributed by atoms with E-state index in [0.29, 0.717) is 25.4 Å². The van der Waals surface area contributed by atoms with Crippen LogP contribution in [0, 0.1) is 5.41 Å². The Kier molecular flexibility index (Phi) is 4.83. The van der Waals surface area contributed by atoms with Crippen molar-refractivity contribution in [3.8, 4) is 5.75 Å². The first-order valence-electron chi connectivity index (χ1n) is 7.28. The second-order valence-electron chi connectivity index (χ2n) is 5.30. The van der Waals surface area contributed by atoms with Crippen LogP contribution in [0.4, 0.5) is 0 Å². The lowest BCUT2D eigenvalue weighted by molar-refractivity contribution is -0.134. The molecule has 1 aliphatic rings. The van der Waals surface area contributed by atoms with Gasteiger partial charge in [-0.2, -0.15) is 0 Å². The minimum absolute atomic E-state index is 0.187. The fraction of sp³-hybridized carbons (Fsp3) is 0.625. The van der Waals surface area contributed by atoms with E-state index in [2.05, 4.69) is 13.8 Å². The van der Waals surface area contributed by atoms with Gasteiger partial charge < -0.3 is 15.2 Å². The Morgan fingerprint density at radius 2 is 1.84 bits per heavy atom. The maximum atomic E-state index is 6.15. The summed E-state index contributed by atoms with van der Waals surface area (Å²) in [7, 11) is 0. The summed E-state index contributed by atoms with van der Waals surface area (Å²) < 4.78 is 11.6. The third kappa shape index (κ3) is 2.93. The predicted molar refractivity (Wildman–Crippen MR) is 77.3 cm³/mol. The molecule has 0 spiro atoms. The van der Waals surface area contributed by atoms with E-state index in [0.717, 1.165) is 25.0 Å². The normalized spacial score (nSPS) is 24.8. The lowest BCUT2D eigenvalue weighted by atomic mass is 9.59. The highest BCUT2D eigenvalue weighted by Crippen LogP contribution is 2.47. The van der Waals surface area contributed by atoms with E-state index in [4.69, 9.17) is 15.2 Å². The molecule has 3 nitrogen and oxygen atoms in total. The lowest BCUT2D eigenvalue weighted by Gasteiger charge is -2.53. The largest absolute Gasteiger partial charge is 0.491 e. The van der Waals surface area contributed by atoms with Crippen LogP contribution >= 0.6 is 0 Å². The molecule has 1 fully saturated rings. The van der Waals surface area contributed by atoms with E-state index < -0.39 is 0 Å². The van der Waals surface area contributed by atoms with E-state index in [-0.39, 0.29) is 5.41 Å². The average molecular weight is 263 g/mol. The van der Waals surface area contributed by atoms with Crippen molar-refractivity contribution >= 4 is 0 Å². The smallest absolute Gasteiger partial charge is 0.119 e. The summed E-state index contributed by atoms with van der Waals surface area (Å²) in [4.78, 5) is 0. The topological polar surface area (TPSA) is 44.5 Å². The maximum absolute atomic E-state index is 6.15. The first-order valence-corrected chi connectivity index (χ1v) is 7.28. The van der Waals surface area contributed by atoms with Gasteiger partial charge in [0.2, 0.25) is 0 Å². The molecule has 0 aromatic heterocycles. The molecule has 19 heavy (non-hydrogen) atoms. The highest BCUT2D eigenvalue weighted by atomic mass is 16.5. The number of para-hydroxylation sites is 1. The van der Waals surface area contributed by atoms with Crippen molar-refractivity contribution in [2.45, 2.75) is 45.3 Å². The molecule has 1 aromatic rings. The molecular formula is C16H25NO2. The van der Waals surface area contributed by atoms with E-state index in [1.54, 1.807) is 0 Å². The van der Waals surface area contributed by atoms with E-state index in [9.17, 15) is 0 Å². The Bertz CT molecular complexity index is 376. The molecule has 0 radical (unpaired) electrons. The van der Waals surface area contributed by atoms with Crippen LogP contribution in [-0.2, 0) is 4.74 Å². The summed E-state index contributed by atoms with van der Waals surface area (Å²) in [6, 6.07) is 10.1. The zero-order chi connectivity index (χ0) is 13.7. The van der Waals surface area contributed by atoms with Gasteiger partial charge in [0.05, 0.1) is 12.7 Å². The van der Waals surface area contributed by atoms with E-state index in [1.165, 1.54) is 0 Å². The van der Waals surface area contributed by atoms with Gasteiger partial charge in [-0.25, -0.2) is 0 Å². The van der Waals surface area contributed by atoms with Gasteiger partial charge in [-0.1, -0.05) is 32.0 Å². The minimum atomic E-state index is 0.187. The molecule has 1 saturated carbocycles. The first kappa shape index (κ1) is 14.4. The molecule has 1 aliphatic carbocycles. The third-order valence-electron chi connectivity index (χ3n) is 4.58. The zero-order valence-electron chi connectivity index (χ0n) is 12.0. The third-order valence-corrected chi connectivity index (χ3v) is 4.58. The fourth-order valence-electron chi connectivity index (χ4n) is 3.11. The van der Waals surface area contributed by atoms with Crippen LogP contribution in [0.25, 0.3) is 0 Å². The number of ether oxygens (including phenoxy) is 2. The van der Waals surface area contributed by atoms with Gasteiger partial charge in [0.25, 0.3) is 0 Å². The van der Waals surface area contributed by atoms with Gasteiger partial charge in [0.1, 0.15) is 12.4 Å². The summed E-state index contributed by atoms with van der Waals surface area (Å²) in [5, 5.41) is 0. The van der Waals surface area contributed by atoms with Crippen molar-refractivity contribution < 1.29 is 9.47 Å². The predicted octanol–water partition coefficient (Wildman–Crippen LogP) is 2.99. The SMILES string of the molecule is CCC1(CC)C(N)CC1OCCOc1ccccc1. The molecule has 0 aliphatic heterocycles. The van der Waals surface area contributed by atoms with Gasteiger partial charge in [0, 0.05) is 11.5 Å². The van der Waals surface area contributed by atoms with Gasteiger partial charge in [-0.3, -0.25) is 0 Å². The van der Waals surface area contributed by atoms with E-state index >= 15 is 0 Å². The number of nitrogens with two attached hydrogens (primary N) is 1. The molecule has 2 rings (SSSR count). The van der Waals surface area contributed by atoms with Crippen molar-refractivity contribution in [1.29, 1.82) is 0 Å². The molecule has 0 amide bonds. The molecule has 0 bridgehead atoms. The zero-order valence-corrected chi connectivity index (χ0v) is 12.0. The second kappa shape index (κ2) is 6.40. The molecule has 1 aromatic carbocycles. The van der Waals surface area contributed by atoms with E-state index in [1.807, 2.05) is 30.3 Å². The van der Waals surface area contributed by atoms with Crippen LogP contribution in [0.3, 0.4) is 0 Å². The summed E-state index contributed by atoms with van der Waals surface area (Å²) in [6.07, 6.45) is 3.47. The summed E-state index contributed by atoms with van der Waals surface area (Å²) in [6.45, 7) is 5.64. The fourth-order valence-corrected chi connectivity index (χ4v) is 3.11. The minimum Gasteiger partial charge on any atom is -0.491 e. The van der Waals surface area contributed by atoms with Crippen molar-refractivity contribution in [2.75, 3.05) is 13.2 Å². The summed E-state index contributed by atoms with van der Waals surface area (Å²) in [5.41, 5.74) is 6.34. The van der Waals surface area contributed by atoms with Gasteiger partial charge in [0.15, 0.2) is 0 Å². The Hall–Kier alpha value is -1.06. The van der Waals surface area contributed by atoms with Crippen molar-refractivity contribution in [1.82, 2.24) is 0 Å². The summed E-state index contributed by atoms with van der Waals surface area (Å²) >= 11 is 0. The standard InChI is InChI=1S/C16H25NO2/c1-3-16(4-2)14(17)12-15(16)19-11-10-18-13-8-6-5-7-9-13/h5-9,14-15H,3-4,10-12,17H2,1-2H3. The monoisotopic (exact) mass is 263 g/mol. The van der Waals surface area contributed by atoms with Crippen LogP contribution in [0.15, 0.2) is 30.3 Å². The average Bonchev–Trinajstić information content (AvgIpc) is 2.45. The molecule has 0 saturated heterocycles. The number of hydrogen-bond acceptors (Lipinski definition) is 3. The second-order valence-corrected chi connectivity index (χ2v) is 5.30. The van der Waals surface area contributed by atoms with Crippen LogP contribution < -0.4 is 10.5 Å². The number of hydrogen-bond donors (Lipinski definition) is 1. The Morgan fingerprint density at radius 3 is 2.42 bits per heavy atom. The quantitative estimate of drug-likeness (QED) is 0.769. The van der Waals surface area contributed by atoms with Crippen molar-refractivity contribution in [3.05, 3.63) is 30.3 Å². The highest BCUT2D eigenvalue weighted by molar-refractivity contribution is 5.20. The van der Waals surface area contributed by atoms with Gasteiger partial charge >= 0.3 is 0 Å². The highest BCUT2D eigenvalue weighted by Gasteiger charge is 2.51. The number of rotatable bonds is 7. The Morgan fingerprint density at radius 1 is 1.16 bits per heavy atom. The number of benzene rings is 1. The molecule has 0 heterocycles. The molecular weight excluding hydrogens is 238 g/mol. The van der Waals surface area contributed by atoms with Gasteiger partial charge in [-0.15, -0.1) is 0 Å². The van der Waals surface area contributed by atoms with Gasteiger partial charge in [-0.05, 0) is 31.4 Å². The Balaban J connectivity index is 1.72. The molecule has 106 valence electrons. The molecule has 2 unspecified atom stereocenters. The van der Waals surface area contributed by atoms with Crippen LogP contribution in [0.1, 0.15) is 33.1 Å². The maximum Gasteiger partial charge on any atom is 0.119 e. The van der Waals surface area contributed by atoms with Crippen molar-refractivity contribution in [3.63, 3.8) is 0 Å². The van der Waals surface area contributed by atoms with Crippen LogP contribution in [-0.4, -0.2) is 25.4 Å². The van der Waals surface area contributed by atoms with Crippen LogP contribution in [0.2, 0.25) is 0 Å². The lowest BCUT2D eigenvalue weighted by Crippen LogP contribution is -2.61. The first-order chi connectivity index (χ1) is 9.23. The molecule has 2 N–H and O–H groups in total.